The molecule has 2 atom stereocenters. The van der Waals surface area contributed by atoms with Crippen molar-refractivity contribution >= 4 is 23.2 Å². The molecule has 4 heteroatoms. The molecule has 0 spiro atoms. The first-order valence-corrected chi connectivity index (χ1v) is 6.76. The summed E-state index contributed by atoms with van der Waals surface area (Å²) in [6.45, 7) is 4.18. The Balaban J connectivity index is 2.32. The van der Waals surface area contributed by atoms with Gasteiger partial charge in [0.05, 0.1) is 10.6 Å². The van der Waals surface area contributed by atoms with Crippen LogP contribution in [0.25, 0.3) is 0 Å². The molecule has 1 heterocycles. The van der Waals surface area contributed by atoms with Crippen LogP contribution >= 0.6 is 11.6 Å². The highest BCUT2D eigenvalue weighted by Gasteiger charge is 2.30. The van der Waals surface area contributed by atoms with E-state index in [-0.39, 0.29) is 18.0 Å². The lowest BCUT2D eigenvalue weighted by atomic mass is 9.96. The minimum Gasteiger partial charge on any atom is -0.399 e. The minimum absolute atomic E-state index is 0.00741. The second kappa shape index (κ2) is 5.19. The zero-order valence-corrected chi connectivity index (χ0v) is 11.6. The predicted molar refractivity (Wildman–Crippen MR) is 74.8 cm³/mol. The molecule has 1 aromatic rings. The fraction of sp³-hybridized carbons (Fsp3) is 0.500. The van der Waals surface area contributed by atoms with Crippen molar-refractivity contribution in [3.63, 3.8) is 0 Å². The molecule has 1 saturated heterocycles. The van der Waals surface area contributed by atoms with Crippen LogP contribution in [0.15, 0.2) is 18.2 Å². The summed E-state index contributed by atoms with van der Waals surface area (Å²) in [4.78, 5) is 14.5. The van der Waals surface area contributed by atoms with Crippen LogP contribution in [-0.4, -0.2) is 22.9 Å². The van der Waals surface area contributed by atoms with Crippen molar-refractivity contribution in [3.8, 4) is 0 Å². The molecule has 18 heavy (non-hydrogen) atoms. The van der Waals surface area contributed by atoms with E-state index in [9.17, 15) is 4.79 Å². The van der Waals surface area contributed by atoms with Crippen LogP contribution in [0.1, 0.15) is 43.5 Å². The molecule has 1 aromatic carbocycles. The average molecular weight is 267 g/mol. The van der Waals surface area contributed by atoms with Gasteiger partial charge in [-0.1, -0.05) is 11.6 Å². The highest BCUT2D eigenvalue weighted by Crippen LogP contribution is 2.27. The van der Waals surface area contributed by atoms with Crippen LogP contribution in [0.3, 0.4) is 0 Å². The van der Waals surface area contributed by atoms with Gasteiger partial charge in [0.25, 0.3) is 5.91 Å². The van der Waals surface area contributed by atoms with E-state index in [4.69, 9.17) is 17.3 Å². The number of amides is 1. The SMILES string of the molecule is C[C@@H]1CCC[C@H](C)N1C(=O)c1cc(N)ccc1Cl. The number of nitrogens with zero attached hydrogens (tertiary/aromatic N) is 1. The van der Waals surface area contributed by atoms with Gasteiger partial charge in [-0.2, -0.15) is 0 Å². The number of carbonyl (C=O) groups is 1. The molecule has 98 valence electrons. The van der Waals surface area contributed by atoms with Crippen LogP contribution in [0.2, 0.25) is 5.02 Å². The van der Waals surface area contributed by atoms with Gasteiger partial charge in [0, 0.05) is 17.8 Å². The maximum absolute atomic E-state index is 12.6. The molecular weight excluding hydrogens is 248 g/mol. The van der Waals surface area contributed by atoms with Gasteiger partial charge in [0.1, 0.15) is 0 Å². The lowest BCUT2D eigenvalue weighted by Crippen LogP contribution is -2.47. The summed E-state index contributed by atoms with van der Waals surface area (Å²) in [7, 11) is 0. The molecular formula is C14H19ClN2O. The second-order valence-corrected chi connectivity index (χ2v) is 5.49. The number of benzene rings is 1. The van der Waals surface area contributed by atoms with Gasteiger partial charge < -0.3 is 10.6 Å². The van der Waals surface area contributed by atoms with Crippen molar-refractivity contribution in [1.82, 2.24) is 4.90 Å². The maximum atomic E-state index is 12.6. The van der Waals surface area contributed by atoms with Crippen molar-refractivity contribution in [2.24, 2.45) is 0 Å². The van der Waals surface area contributed by atoms with Crippen molar-refractivity contribution in [2.45, 2.75) is 45.2 Å². The molecule has 2 N–H and O–H groups in total. The zero-order chi connectivity index (χ0) is 13.3. The molecule has 0 bridgehead atoms. The third-order valence-electron chi connectivity index (χ3n) is 3.65. The number of likely N-dealkylation sites (tertiary alicyclic amines) is 1. The molecule has 1 aliphatic heterocycles. The smallest absolute Gasteiger partial charge is 0.255 e. The van der Waals surface area contributed by atoms with E-state index in [2.05, 4.69) is 13.8 Å². The highest BCUT2D eigenvalue weighted by molar-refractivity contribution is 6.34. The predicted octanol–water partition coefficient (Wildman–Crippen LogP) is 3.33. The molecule has 0 saturated carbocycles. The number of carbonyl (C=O) groups excluding carboxylic acids is 1. The molecule has 1 fully saturated rings. The van der Waals surface area contributed by atoms with Gasteiger partial charge >= 0.3 is 0 Å². The Labute approximate surface area is 113 Å². The van der Waals surface area contributed by atoms with Gasteiger partial charge in [0.2, 0.25) is 0 Å². The fourth-order valence-corrected chi connectivity index (χ4v) is 2.87. The van der Waals surface area contributed by atoms with E-state index < -0.39 is 0 Å². The third kappa shape index (κ3) is 2.46. The van der Waals surface area contributed by atoms with Gasteiger partial charge in [-0.15, -0.1) is 0 Å². The van der Waals surface area contributed by atoms with E-state index in [1.165, 1.54) is 6.42 Å². The summed E-state index contributed by atoms with van der Waals surface area (Å²) in [5, 5.41) is 0.471. The first-order chi connectivity index (χ1) is 8.50. The standard InChI is InChI=1S/C14H19ClN2O/c1-9-4-3-5-10(2)17(9)14(18)12-8-11(16)6-7-13(12)15/h6-10H,3-5,16H2,1-2H3/t9-,10+. The molecule has 0 unspecified atom stereocenters. The average Bonchev–Trinajstić information content (AvgIpc) is 2.32. The monoisotopic (exact) mass is 266 g/mol. The summed E-state index contributed by atoms with van der Waals surface area (Å²) < 4.78 is 0. The van der Waals surface area contributed by atoms with E-state index in [0.717, 1.165) is 12.8 Å². The summed E-state index contributed by atoms with van der Waals surface area (Å²) >= 11 is 6.10. The van der Waals surface area contributed by atoms with E-state index in [1.807, 2.05) is 4.90 Å². The normalized spacial score (nSPS) is 24.1. The van der Waals surface area contributed by atoms with Crippen LogP contribution in [0.4, 0.5) is 5.69 Å². The van der Waals surface area contributed by atoms with Gasteiger partial charge in [-0.05, 0) is 51.3 Å². The second-order valence-electron chi connectivity index (χ2n) is 5.08. The van der Waals surface area contributed by atoms with Crippen LogP contribution in [-0.2, 0) is 0 Å². The van der Waals surface area contributed by atoms with E-state index >= 15 is 0 Å². The van der Waals surface area contributed by atoms with Gasteiger partial charge in [-0.3, -0.25) is 4.79 Å². The Bertz CT molecular complexity index is 451. The topological polar surface area (TPSA) is 46.3 Å². The van der Waals surface area contributed by atoms with Gasteiger partial charge in [-0.25, -0.2) is 0 Å². The minimum atomic E-state index is -0.00741. The quantitative estimate of drug-likeness (QED) is 0.793. The van der Waals surface area contributed by atoms with E-state index in [0.29, 0.717) is 16.3 Å². The number of nitrogens with two attached hydrogens (primary N) is 1. The van der Waals surface area contributed by atoms with Gasteiger partial charge in [0.15, 0.2) is 0 Å². The van der Waals surface area contributed by atoms with Crippen molar-refractivity contribution in [2.75, 3.05) is 5.73 Å². The Morgan fingerprint density at radius 3 is 2.56 bits per heavy atom. The molecule has 0 radical (unpaired) electrons. The highest BCUT2D eigenvalue weighted by atomic mass is 35.5. The Hall–Kier alpha value is -1.22. The largest absolute Gasteiger partial charge is 0.399 e. The maximum Gasteiger partial charge on any atom is 0.255 e. The first kappa shape index (κ1) is 13.2. The third-order valence-corrected chi connectivity index (χ3v) is 3.98. The summed E-state index contributed by atoms with van der Waals surface area (Å²) in [5.74, 6) is -0.00741. The number of piperidine rings is 1. The van der Waals surface area contributed by atoms with Crippen molar-refractivity contribution in [1.29, 1.82) is 0 Å². The Morgan fingerprint density at radius 1 is 1.33 bits per heavy atom. The lowest BCUT2D eigenvalue weighted by molar-refractivity contribution is 0.0511. The van der Waals surface area contributed by atoms with Crippen LogP contribution in [0.5, 0.6) is 0 Å². The number of rotatable bonds is 1. The Morgan fingerprint density at radius 2 is 1.94 bits per heavy atom. The first-order valence-electron chi connectivity index (χ1n) is 6.38. The molecule has 3 nitrogen and oxygen atoms in total. The molecule has 2 rings (SSSR count). The number of hydrogen-bond acceptors (Lipinski definition) is 2. The lowest BCUT2D eigenvalue weighted by Gasteiger charge is -2.39. The molecule has 0 aromatic heterocycles. The number of halogens is 1. The fourth-order valence-electron chi connectivity index (χ4n) is 2.67. The molecule has 1 aliphatic rings. The summed E-state index contributed by atoms with van der Waals surface area (Å²) in [6, 6.07) is 5.59. The Kier molecular flexibility index (Phi) is 3.81. The van der Waals surface area contributed by atoms with E-state index in [1.54, 1.807) is 18.2 Å². The molecule has 0 aliphatic carbocycles. The number of nitrogen functional groups attached to an aromatic ring is 1. The van der Waals surface area contributed by atoms with Crippen molar-refractivity contribution in [3.05, 3.63) is 28.8 Å². The van der Waals surface area contributed by atoms with Crippen LogP contribution in [0, 0.1) is 0 Å². The summed E-state index contributed by atoms with van der Waals surface area (Å²) in [6.07, 6.45) is 3.28. The number of hydrogen-bond donors (Lipinski definition) is 1. The van der Waals surface area contributed by atoms with Crippen molar-refractivity contribution < 1.29 is 4.79 Å². The zero-order valence-electron chi connectivity index (χ0n) is 10.8. The van der Waals surface area contributed by atoms with Crippen LogP contribution < -0.4 is 5.73 Å². The molecule has 1 amide bonds. The number of anilines is 1. The summed E-state index contributed by atoms with van der Waals surface area (Å²) in [5.41, 5.74) is 6.82.